The lowest BCUT2D eigenvalue weighted by Gasteiger charge is -2.15. The number of likely N-dealkylation sites (N-methyl/N-ethyl adjacent to an activating group) is 1. The number of amides is 1. The number of ether oxygens (including phenoxy) is 2. The highest BCUT2D eigenvalue weighted by Gasteiger charge is 2.07. The number of carbonyl (C=O) groups excluding carboxylic acids is 1. The van der Waals surface area contributed by atoms with Gasteiger partial charge in [0.05, 0.1) is 26.8 Å². The highest BCUT2D eigenvalue weighted by Crippen LogP contribution is 2.20. The molecule has 0 radical (unpaired) electrons. The fourth-order valence-electron chi connectivity index (χ4n) is 1.91. The summed E-state index contributed by atoms with van der Waals surface area (Å²) in [4.78, 5) is 17.8. The van der Waals surface area contributed by atoms with Crippen molar-refractivity contribution in [1.82, 2.24) is 15.5 Å². The first-order chi connectivity index (χ1) is 11.5. The number of nitrogens with one attached hydrogen (secondary N) is 2. The molecule has 0 fully saturated rings. The van der Waals surface area contributed by atoms with E-state index in [2.05, 4.69) is 15.6 Å². The molecule has 0 bridgehead atoms. The van der Waals surface area contributed by atoms with Crippen molar-refractivity contribution in [3.63, 3.8) is 0 Å². The second-order valence-electron chi connectivity index (χ2n) is 5.54. The molecule has 0 aliphatic rings. The number of methoxy groups -OCH3 is 2. The molecule has 0 saturated heterocycles. The molecular weight excluding hydrogens is 308 g/mol. The Balaban J connectivity index is 2.77. The molecule has 1 aromatic carbocycles. The van der Waals surface area contributed by atoms with E-state index in [1.165, 1.54) is 4.90 Å². The minimum atomic E-state index is -0.0239. The molecule has 2 N–H and O–H groups in total. The van der Waals surface area contributed by atoms with E-state index in [1.54, 1.807) is 28.3 Å². The quantitative estimate of drug-likeness (QED) is 0.417. The standard InChI is InChI=1S/C17H28N4O3/c1-13-6-7-14(15(10-13)24-5)11-19-17(18-8-9-23-4)20-12-16(22)21(2)3/h6-7,10H,8-9,11-12H2,1-5H3,(H2,18,19,20). The third-order valence-corrected chi connectivity index (χ3v) is 3.35. The second kappa shape index (κ2) is 10.5. The maximum absolute atomic E-state index is 11.7. The minimum Gasteiger partial charge on any atom is -0.496 e. The van der Waals surface area contributed by atoms with Crippen molar-refractivity contribution in [2.75, 3.05) is 48.0 Å². The predicted molar refractivity (Wildman–Crippen MR) is 95.4 cm³/mol. The summed E-state index contributed by atoms with van der Waals surface area (Å²) in [5.41, 5.74) is 2.11. The summed E-state index contributed by atoms with van der Waals surface area (Å²) in [5, 5.41) is 6.17. The highest BCUT2D eigenvalue weighted by molar-refractivity contribution is 5.86. The van der Waals surface area contributed by atoms with Gasteiger partial charge in [-0.05, 0) is 18.6 Å². The molecule has 7 nitrogen and oxygen atoms in total. The summed E-state index contributed by atoms with van der Waals surface area (Å²) < 4.78 is 10.4. The molecule has 24 heavy (non-hydrogen) atoms. The highest BCUT2D eigenvalue weighted by atomic mass is 16.5. The fraction of sp³-hybridized carbons (Fsp3) is 0.529. The Labute approximate surface area is 144 Å². The van der Waals surface area contributed by atoms with E-state index in [4.69, 9.17) is 9.47 Å². The Morgan fingerprint density at radius 1 is 1.25 bits per heavy atom. The molecule has 0 saturated carbocycles. The van der Waals surface area contributed by atoms with E-state index >= 15 is 0 Å². The second-order valence-corrected chi connectivity index (χ2v) is 5.54. The first-order valence-corrected chi connectivity index (χ1v) is 7.82. The molecule has 0 unspecified atom stereocenters. The van der Waals surface area contributed by atoms with Crippen molar-refractivity contribution < 1.29 is 14.3 Å². The lowest BCUT2D eigenvalue weighted by Crippen LogP contribution is -2.43. The fourth-order valence-corrected chi connectivity index (χ4v) is 1.91. The van der Waals surface area contributed by atoms with Crippen LogP contribution in [0.4, 0.5) is 0 Å². The van der Waals surface area contributed by atoms with Gasteiger partial charge in [0.15, 0.2) is 5.96 Å². The number of guanidine groups is 1. The van der Waals surface area contributed by atoms with Gasteiger partial charge in [-0.15, -0.1) is 0 Å². The summed E-state index contributed by atoms with van der Waals surface area (Å²) in [6.45, 7) is 3.79. The van der Waals surface area contributed by atoms with Crippen LogP contribution in [-0.4, -0.2) is 64.8 Å². The Morgan fingerprint density at radius 2 is 2.00 bits per heavy atom. The first-order valence-electron chi connectivity index (χ1n) is 7.82. The Bertz CT molecular complexity index is 559. The summed E-state index contributed by atoms with van der Waals surface area (Å²) >= 11 is 0. The largest absolute Gasteiger partial charge is 0.496 e. The van der Waals surface area contributed by atoms with Gasteiger partial charge in [-0.2, -0.15) is 0 Å². The molecular formula is C17H28N4O3. The van der Waals surface area contributed by atoms with Gasteiger partial charge >= 0.3 is 0 Å². The third kappa shape index (κ3) is 6.87. The molecule has 0 spiro atoms. The molecule has 0 aromatic heterocycles. The van der Waals surface area contributed by atoms with Crippen LogP contribution in [0.25, 0.3) is 0 Å². The lowest BCUT2D eigenvalue weighted by atomic mass is 10.1. The number of aryl methyl sites for hydroxylation is 1. The molecule has 0 heterocycles. The SMILES string of the molecule is COCCNC(=NCc1ccc(C)cc1OC)NCC(=O)N(C)C. The topological polar surface area (TPSA) is 75.2 Å². The van der Waals surface area contributed by atoms with Crippen LogP contribution in [0.15, 0.2) is 23.2 Å². The van der Waals surface area contributed by atoms with Crippen molar-refractivity contribution in [2.45, 2.75) is 13.5 Å². The third-order valence-electron chi connectivity index (χ3n) is 3.35. The number of carbonyl (C=O) groups is 1. The maximum Gasteiger partial charge on any atom is 0.241 e. The van der Waals surface area contributed by atoms with E-state index < -0.39 is 0 Å². The van der Waals surface area contributed by atoms with Crippen molar-refractivity contribution in [1.29, 1.82) is 0 Å². The van der Waals surface area contributed by atoms with Crippen molar-refractivity contribution >= 4 is 11.9 Å². The number of hydrogen-bond acceptors (Lipinski definition) is 4. The number of hydrogen-bond donors (Lipinski definition) is 2. The van der Waals surface area contributed by atoms with Crippen LogP contribution in [0, 0.1) is 6.92 Å². The van der Waals surface area contributed by atoms with Crippen molar-refractivity contribution in [2.24, 2.45) is 4.99 Å². The monoisotopic (exact) mass is 336 g/mol. The maximum atomic E-state index is 11.7. The zero-order chi connectivity index (χ0) is 17.9. The number of nitrogens with zero attached hydrogens (tertiary/aromatic N) is 2. The van der Waals surface area contributed by atoms with Gasteiger partial charge < -0.3 is 25.0 Å². The summed E-state index contributed by atoms with van der Waals surface area (Å²) in [6, 6.07) is 6.00. The molecule has 1 rings (SSSR count). The predicted octanol–water partition coefficient (Wildman–Crippen LogP) is 0.773. The van der Waals surface area contributed by atoms with Gasteiger partial charge in [-0.3, -0.25) is 4.79 Å². The molecule has 0 aliphatic heterocycles. The van der Waals surface area contributed by atoms with Crippen molar-refractivity contribution in [3.8, 4) is 5.75 Å². The zero-order valence-corrected chi connectivity index (χ0v) is 15.2. The smallest absolute Gasteiger partial charge is 0.241 e. The molecule has 1 aromatic rings. The van der Waals surface area contributed by atoms with Gasteiger partial charge in [0, 0.05) is 33.3 Å². The molecule has 7 heteroatoms. The van der Waals surface area contributed by atoms with Gasteiger partial charge in [0.1, 0.15) is 5.75 Å². The van der Waals surface area contributed by atoms with Gasteiger partial charge in [0.25, 0.3) is 0 Å². The van der Waals surface area contributed by atoms with E-state index in [1.807, 2.05) is 25.1 Å². The van der Waals surface area contributed by atoms with Crippen LogP contribution in [0.3, 0.4) is 0 Å². The molecule has 0 atom stereocenters. The molecule has 134 valence electrons. The van der Waals surface area contributed by atoms with Crippen LogP contribution in [-0.2, 0) is 16.1 Å². The summed E-state index contributed by atoms with van der Waals surface area (Å²) in [5.74, 6) is 1.34. The number of benzene rings is 1. The lowest BCUT2D eigenvalue weighted by molar-refractivity contribution is -0.127. The average molecular weight is 336 g/mol. The van der Waals surface area contributed by atoms with Gasteiger partial charge in [-0.25, -0.2) is 4.99 Å². The minimum absolute atomic E-state index is 0.0239. The number of rotatable bonds is 8. The first kappa shape index (κ1) is 19.8. The van der Waals surface area contributed by atoms with Gasteiger partial charge in [-0.1, -0.05) is 12.1 Å². The van der Waals surface area contributed by atoms with Crippen molar-refractivity contribution in [3.05, 3.63) is 29.3 Å². The van der Waals surface area contributed by atoms with Crippen LogP contribution in [0.2, 0.25) is 0 Å². The van der Waals surface area contributed by atoms with Crippen LogP contribution >= 0.6 is 0 Å². The van der Waals surface area contributed by atoms with E-state index in [-0.39, 0.29) is 12.5 Å². The van der Waals surface area contributed by atoms with Crippen LogP contribution in [0.1, 0.15) is 11.1 Å². The Morgan fingerprint density at radius 3 is 2.62 bits per heavy atom. The normalized spacial score (nSPS) is 11.1. The van der Waals surface area contributed by atoms with Gasteiger partial charge in [0.2, 0.25) is 5.91 Å². The average Bonchev–Trinajstić information content (AvgIpc) is 2.57. The Kier molecular flexibility index (Phi) is 8.64. The van der Waals surface area contributed by atoms with E-state index in [0.717, 1.165) is 16.9 Å². The molecule has 0 aliphatic carbocycles. The molecule has 1 amide bonds. The zero-order valence-electron chi connectivity index (χ0n) is 15.2. The number of aliphatic imine (C=N–C) groups is 1. The summed E-state index contributed by atoms with van der Waals surface area (Å²) in [7, 11) is 6.72. The van der Waals surface area contributed by atoms with E-state index in [9.17, 15) is 4.79 Å². The van der Waals surface area contributed by atoms with Crippen LogP contribution in [0.5, 0.6) is 5.75 Å². The van der Waals surface area contributed by atoms with E-state index in [0.29, 0.717) is 25.7 Å². The van der Waals surface area contributed by atoms with Crippen LogP contribution < -0.4 is 15.4 Å². The Hall–Kier alpha value is -2.28. The summed E-state index contributed by atoms with van der Waals surface area (Å²) in [6.07, 6.45) is 0.